The minimum atomic E-state index is -0.244. The molecule has 1 fully saturated rings. The molecule has 1 aliphatic heterocycles. The van der Waals surface area contributed by atoms with E-state index < -0.39 is 0 Å². The van der Waals surface area contributed by atoms with Gasteiger partial charge in [0.25, 0.3) is 0 Å². The van der Waals surface area contributed by atoms with Gasteiger partial charge in [-0.2, -0.15) is 0 Å². The SMILES string of the molecule is O=C(Nc1ccccc1)Nc1ccccc1N1CCOCC1. The summed E-state index contributed by atoms with van der Waals surface area (Å²) < 4.78 is 5.38. The van der Waals surface area contributed by atoms with Crippen molar-refractivity contribution >= 4 is 23.1 Å². The number of carbonyl (C=O) groups excluding carboxylic acids is 1. The lowest BCUT2D eigenvalue weighted by atomic mass is 10.2. The fraction of sp³-hybridized carbons (Fsp3) is 0.235. The Labute approximate surface area is 129 Å². The van der Waals surface area contributed by atoms with Gasteiger partial charge in [-0.1, -0.05) is 30.3 Å². The summed E-state index contributed by atoms with van der Waals surface area (Å²) in [6.07, 6.45) is 0. The Morgan fingerprint density at radius 3 is 2.36 bits per heavy atom. The van der Waals surface area contributed by atoms with Crippen molar-refractivity contribution in [2.45, 2.75) is 0 Å². The van der Waals surface area contributed by atoms with Crippen LogP contribution in [0.25, 0.3) is 0 Å². The van der Waals surface area contributed by atoms with Crippen LogP contribution in [-0.2, 0) is 4.74 Å². The van der Waals surface area contributed by atoms with Crippen LogP contribution in [-0.4, -0.2) is 32.3 Å². The second kappa shape index (κ2) is 6.95. The molecule has 1 saturated heterocycles. The van der Waals surface area contributed by atoms with Crippen molar-refractivity contribution in [3.8, 4) is 0 Å². The third-order valence-corrected chi connectivity index (χ3v) is 3.54. The lowest BCUT2D eigenvalue weighted by Gasteiger charge is -2.30. The van der Waals surface area contributed by atoms with E-state index in [0.29, 0.717) is 13.2 Å². The van der Waals surface area contributed by atoms with Gasteiger partial charge in [0.2, 0.25) is 0 Å². The number of ether oxygens (including phenoxy) is 1. The monoisotopic (exact) mass is 297 g/mol. The van der Waals surface area contributed by atoms with E-state index in [1.807, 2.05) is 54.6 Å². The summed E-state index contributed by atoms with van der Waals surface area (Å²) in [4.78, 5) is 14.4. The summed E-state index contributed by atoms with van der Waals surface area (Å²) in [5.74, 6) is 0. The highest BCUT2D eigenvalue weighted by Gasteiger charge is 2.15. The van der Waals surface area contributed by atoms with Crippen molar-refractivity contribution in [3.05, 3.63) is 54.6 Å². The number of rotatable bonds is 3. The first-order chi connectivity index (χ1) is 10.8. The highest BCUT2D eigenvalue weighted by molar-refractivity contribution is 6.01. The zero-order chi connectivity index (χ0) is 15.2. The van der Waals surface area contributed by atoms with E-state index in [0.717, 1.165) is 30.2 Å². The van der Waals surface area contributed by atoms with E-state index >= 15 is 0 Å². The van der Waals surface area contributed by atoms with Gasteiger partial charge in [0.1, 0.15) is 0 Å². The molecule has 3 rings (SSSR count). The molecule has 0 saturated carbocycles. The van der Waals surface area contributed by atoms with Crippen LogP contribution in [0, 0.1) is 0 Å². The Balaban J connectivity index is 1.70. The first-order valence-corrected chi connectivity index (χ1v) is 7.38. The summed E-state index contributed by atoms with van der Waals surface area (Å²) in [5, 5.41) is 5.75. The normalized spacial score (nSPS) is 14.5. The predicted molar refractivity (Wildman–Crippen MR) is 88.6 cm³/mol. The van der Waals surface area contributed by atoms with E-state index in [9.17, 15) is 4.79 Å². The topological polar surface area (TPSA) is 53.6 Å². The summed E-state index contributed by atoms with van der Waals surface area (Å²) in [5.41, 5.74) is 2.59. The van der Waals surface area contributed by atoms with Gasteiger partial charge in [0.05, 0.1) is 24.6 Å². The third-order valence-electron chi connectivity index (χ3n) is 3.54. The molecule has 2 aromatic carbocycles. The molecule has 0 spiro atoms. The maximum atomic E-state index is 12.2. The van der Waals surface area contributed by atoms with Crippen LogP contribution in [0.5, 0.6) is 0 Å². The molecule has 5 nitrogen and oxygen atoms in total. The summed E-state index contributed by atoms with van der Waals surface area (Å²) in [6.45, 7) is 3.09. The largest absolute Gasteiger partial charge is 0.378 e. The number of nitrogens with zero attached hydrogens (tertiary/aromatic N) is 1. The summed E-state index contributed by atoms with van der Waals surface area (Å²) in [6, 6.07) is 17.0. The van der Waals surface area contributed by atoms with Gasteiger partial charge in [-0.15, -0.1) is 0 Å². The van der Waals surface area contributed by atoms with E-state index in [1.165, 1.54) is 0 Å². The van der Waals surface area contributed by atoms with E-state index in [4.69, 9.17) is 4.74 Å². The minimum Gasteiger partial charge on any atom is -0.378 e. The van der Waals surface area contributed by atoms with Crippen LogP contribution < -0.4 is 15.5 Å². The van der Waals surface area contributed by atoms with Gasteiger partial charge in [-0.3, -0.25) is 0 Å². The molecule has 5 heteroatoms. The Morgan fingerprint density at radius 1 is 0.909 bits per heavy atom. The van der Waals surface area contributed by atoms with Crippen molar-refractivity contribution in [3.63, 3.8) is 0 Å². The predicted octanol–water partition coefficient (Wildman–Crippen LogP) is 3.17. The average Bonchev–Trinajstić information content (AvgIpc) is 2.57. The number of hydrogen-bond donors (Lipinski definition) is 2. The fourth-order valence-electron chi connectivity index (χ4n) is 2.47. The van der Waals surface area contributed by atoms with E-state index in [2.05, 4.69) is 15.5 Å². The molecule has 0 aromatic heterocycles. The number of benzene rings is 2. The lowest BCUT2D eigenvalue weighted by molar-refractivity contribution is 0.123. The molecule has 2 aromatic rings. The number of urea groups is 1. The molecule has 22 heavy (non-hydrogen) atoms. The molecule has 1 aliphatic rings. The number of nitrogens with one attached hydrogen (secondary N) is 2. The average molecular weight is 297 g/mol. The molecule has 114 valence electrons. The molecule has 2 amide bonds. The van der Waals surface area contributed by atoms with Gasteiger partial charge in [0, 0.05) is 18.8 Å². The molecular weight excluding hydrogens is 278 g/mol. The fourth-order valence-corrected chi connectivity index (χ4v) is 2.47. The first-order valence-electron chi connectivity index (χ1n) is 7.38. The number of carbonyl (C=O) groups is 1. The standard InChI is InChI=1S/C17H19N3O2/c21-17(18-14-6-2-1-3-7-14)19-15-8-4-5-9-16(15)20-10-12-22-13-11-20/h1-9H,10-13H2,(H2,18,19,21). The van der Waals surface area contributed by atoms with Crippen molar-refractivity contribution < 1.29 is 9.53 Å². The number of para-hydroxylation sites is 3. The lowest BCUT2D eigenvalue weighted by Crippen LogP contribution is -2.36. The maximum absolute atomic E-state index is 12.2. The smallest absolute Gasteiger partial charge is 0.323 e. The number of anilines is 3. The van der Waals surface area contributed by atoms with Gasteiger partial charge in [0.15, 0.2) is 0 Å². The Hall–Kier alpha value is -2.53. The van der Waals surface area contributed by atoms with Gasteiger partial charge in [-0.25, -0.2) is 4.79 Å². The molecule has 2 N–H and O–H groups in total. The second-order valence-electron chi connectivity index (χ2n) is 5.06. The van der Waals surface area contributed by atoms with Crippen LogP contribution in [0.2, 0.25) is 0 Å². The van der Waals surface area contributed by atoms with E-state index in [1.54, 1.807) is 0 Å². The van der Waals surface area contributed by atoms with E-state index in [-0.39, 0.29) is 6.03 Å². The molecule has 0 atom stereocenters. The van der Waals surface area contributed by atoms with Gasteiger partial charge >= 0.3 is 6.03 Å². The first kappa shape index (κ1) is 14.4. The zero-order valence-corrected chi connectivity index (χ0v) is 12.3. The maximum Gasteiger partial charge on any atom is 0.323 e. The summed E-state index contributed by atoms with van der Waals surface area (Å²) >= 11 is 0. The number of morpholine rings is 1. The Kier molecular flexibility index (Phi) is 4.56. The number of amides is 2. The van der Waals surface area contributed by atoms with Crippen LogP contribution in [0.15, 0.2) is 54.6 Å². The highest BCUT2D eigenvalue weighted by Crippen LogP contribution is 2.26. The highest BCUT2D eigenvalue weighted by atomic mass is 16.5. The third kappa shape index (κ3) is 3.56. The molecular formula is C17H19N3O2. The summed E-state index contributed by atoms with van der Waals surface area (Å²) in [7, 11) is 0. The zero-order valence-electron chi connectivity index (χ0n) is 12.3. The van der Waals surface area contributed by atoms with Gasteiger partial charge in [-0.05, 0) is 24.3 Å². The van der Waals surface area contributed by atoms with Crippen LogP contribution >= 0.6 is 0 Å². The molecule has 0 bridgehead atoms. The quantitative estimate of drug-likeness (QED) is 0.915. The van der Waals surface area contributed by atoms with Crippen molar-refractivity contribution in [1.82, 2.24) is 0 Å². The van der Waals surface area contributed by atoms with Crippen molar-refractivity contribution in [1.29, 1.82) is 0 Å². The van der Waals surface area contributed by atoms with Gasteiger partial charge < -0.3 is 20.3 Å². The van der Waals surface area contributed by atoms with Crippen LogP contribution in [0.4, 0.5) is 21.9 Å². The molecule has 0 unspecified atom stereocenters. The minimum absolute atomic E-state index is 0.244. The van der Waals surface area contributed by atoms with Crippen LogP contribution in [0.1, 0.15) is 0 Å². The molecule has 0 radical (unpaired) electrons. The Bertz CT molecular complexity index is 625. The molecule has 0 aliphatic carbocycles. The van der Waals surface area contributed by atoms with Crippen LogP contribution in [0.3, 0.4) is 0 Å². The Morgan fingerprint density at radius 2 is 1.59 bits per heavy atom. The van der Waals surface area contributed by atoms with Crippen molar-refractivity contribution in [2.75, 3.05) is 41.8 Å². The number of hydrogen-bond acceptors (Lipinski definition) is 3. The second-order valence-corrected chi connectivity index (χ2v) is 5.06. The molecule has 1 heterocycles. The van der Waals surface area contributed by atoms with Crippen molar-refractivity contribution in [2.24, 2.45) is 0 Å².